The number of imidazole rings is 1. The molecule has 0 aliphatic heterocycles. The fourth-order valence-electron chi connectivity index (χ4n) is 3.53. The van der Waals surface area contributed by atoms with E-state index in [0.29, 0.717) is 28.7 Å². The molecule has 10 heteroatoms. The number of benzene rings is 2. The molecule has 0 saturated carbocycles. The Kier molecular flexibility index (Phi) is 5.91. The van der Waals surface area contributed by atoms with Crippen molar-refractivity contribution in [2.24, 2.45) is 7.05 Å². The van der Waals surface area contributed by atoms with Crippen molar-refractivity contribution in [3.63, 3.8) is 0 Å². The number of amides is 1. The lowest BCUT2D eigenvalue weighted by Gasteiger charge is -2.09. The van der Waals surface area contributed by atoms with Crippen LogP contribution in [0.25, 0.3) is 17.1 Å². The molecule has 0 unspecified atom stereocenters. The van der Waals surface area contributed by atoms with Crippen molar-refractivity contribution < 1.29 is 9.53 Å². The van der Waals surface area contributed by atoms with Gasteiger partial charge in [0.15, 0.2) is 0 Å². The van der Waals surface area contributed by atoms with Crippen LogP contribution in [0.3, 0.4) is 0 Å². The normalized spacial score (nSPS) is 10.7. The van der Waals surface area contributed by atoms with Gasteiger partial charge in [0.25, 0.3) is 5.91 Å². The number of carbonyl (C=O) groups is 1. The summed E-state index contributed by atoms with van der Waals surface area (Å²) in [6.45, 7) is 0. The number of carbonyl (C=O) groups excluding carboxylic acids is 1. The van der Waals surface area contributed by atoms with Gasteiger partial charge in [0.1, 0.15) is 35.7 Å². The molecular formula is C25H22N8O2. The molecule has 3 aromatic heterocycles. The molecule has 0 aliphatic rings. The van der Waals surface area contributed by atoms with E-state index in [-0.39, 0.29) is 5.91 Å². The standard InChI is InChI=1S/C25H22N8O2/c1-32-22(13-21(31-32)17-4-3-5-20(12-17)35-2)25(34)30-19-8-6-18(7-9-19)29-23-14-24(28-15-27-23)33-11-10-26-16-33/h3-16H,1-2H3,(H,30,34)(H,27,28,29). The first kappa shape index (κ1) is 21.8. The van der Waals surface area contributed by atoms with Crippen LogP contribution in [0.1, 0.15) is 10.5 Å². The maximum atomic E-state index is 12.9. The SMILES string of the molecule is COc1cccc(-c2cc(C(=O)Nc3ccc(Nc4cc(-n5ccnc5)ncn4)cc3)n(C)n2)c1. The molecule has 5 rings (SSSR count). The molecule has 0 spiro atoms. The van der Waals surface area contributed by atoms with Gasteiger partial charge in [-0.2, -0.15) is 5.10 Å². The summed E-state index contributed by atoms with van der Waals surface area (Å²) in [6, 6.07) is 18.5. The molecule has 0 bridgehead atoms. The zero-order chi connectivity index (χ0) is 24.2. The predicted octanol–water partition coefficient (Wildman–Crippen LogP) is 4.07. The van der Waals surface area contributed by atoms with Crippen LogP contribution in [-0.4, -0.2) is 42.3 Å². The molecule has 10 nitrogen and oxygen atoms in total. The van der Waals surface area contributed by atoms with Crippen molar-refractivity contribution in [2.75, 3.05) is 17.7 Å². The number of anilines is 3. The summed E-state index contributed by atoms with van der Waals surface area (Å²) in [6.07, 6.45) is 6.66. The zero-order valence-corrected chi connectivity index (χ0v) is 19.1. The van der Waals surface area contributed by atoms with Gasteiger partial charge in [0, 0.05) is 42.4 Å². The van der Waals surface area contributed by atoms with Crippen LogP contribution in [0, 0.1) is 0 Å². The fourth-order valence-corrected chi connectivity index (χ4v) is 3.53. The number of nitrogens with zero attached hydrogens (tertiary/aromatic N) is 6. The number of hydrogen-bond donors (Lipinski definition) is 2. The van der Waals surface area contributed by atoms with Crippen molar-refractivity contribution in [1.29, 1.82) is 0 Å². The summed E-state index contributed by atoms with van der Waals surface area (Å²) >= 11 is 0. The van der Waals surface area contributed by atoms with Gasteiger partial charge in [-0.15, -0.1) is 0 Å². The molecule has 0 radical (unpaired) electrons. The first-order valence-corrected chi connectivity index (χ1v) is 10.8. The summed E-state index contributed by atoms with van der Waals surface area (Å²) in [5.41, 5.74) is 3.48. The van der Waals surface area contributed by atoms with Crippen LogP contribution >= 0.6 is 0 Å². The van der Waals surface area contributed by atoms with Crippen molar-refractivity contribution in [3.8, 4) is 22.8 Å². The van der Waals surface area contributed by atoms with E-state index in [9.17, 15) is 4.79 Å². The monoisotopic (exact) mass is 466 g/mol. The largest absolute Gasteiger partial charge is 0.497 e. The Labute approximate surface area is 201 Å². The van der Waals surface area contributed by atoms with E-state index in [4.69, 9.17) is 4.74 Å². The quantitative estimate of drug-likeness (QED) is 0.372. The summed E-state index contributed by atoms with van der Waals surface area (Å²) in [5, 5.41) is 10.6. The second kappa shape index (κ2) is 9.48. The maximum Gasteiger partial charge on any atom is 0.273 e. The topological polar surface area (TPSA) is 112 Å². The van der Waals surface area contributed by atoms with Gasteiger partial charge >= 0.3 is 0 Å². The molecule has 0 atom stereocenters. The van der Waals surface area contributed by atoms with Crippen molar-refractivity contribution in [2.45, 2.75) is 0 Å². The summed E-state index contributed by atoms with van der Waals surface area (Å²) in [5.74, 6) is 1.82. The smallest absolute Gasteiger partial charge is 0.273 e. The number of nitrogens with one attached hydrogen (secondary N) is 2. The minimum atomic E-state index is -0.254. The van der Waals surface area contributed by atoms with Crippen LogP contribution < -0.4 is 15.4 Å². The van der Waals surface area contributed by atoms with E-state index in [2.05, 4.69) is 30.7 Å². The molecule has 0 fully saturated rings. The Bertz CT molecular complexity index is 1460. The Balaban J connectivity index is 1.27. The molecule has 2 aromatic carbocycles. The third-order valence-corrected chi connectivity index (χ3v) is 5.31. The first-order valence-electron chi connectivity index (χ1n) is 10.8. The molecule has 0 saturated heterocycles. The van der Waals surface area contributed by atoms with Gasteiger partial charge in [0.2, 0.25) is 0 Å². The van der Waals surface area contributed by atoms with Gasteiger partial charge in [-0.1, -0.05) is 12.1 Å². The molecule has 3 heterocycles. The number of aryl methyl sites for hydroxylation is 1. The third kappa shape index (κ3) is 4.86. The number of hydrogen-bond acceptors (Lipinski definition) is 7. The highest BCUT2D eigenvalue weighted by atomic mass is 16.5. The molecule has 35 heavy (non-hydrogen) atoms. The summed E-state index contributed by atoms with van der Waals surface area (Å²) < 4.78 is 8.64. The van der Waals surface area contributed by atoms with E-state index in [1.54, 1.807) is 42.0 Å². The predicted molar refractivity (Wildman–Crippen MR) is 132 cm³/mol. The maximum absolute atomic E-state index is 12.9. The van der Waals surface area contributed by atoms with Crippen LogP contribution in [-0.2, 0) is 7.05 Å². The minimum absolute atomic E-state index is 0.254. The van der Waals surface area contributed by atoms with Gasteiger partial charge in [-0.3, -0.25) is 14.0 Å². The second-order valence-corrected chi connectivity index (χ2v) is 7.66. The van der Waals surface area contributed by atoms with Gasteiger partial charge < -0.3 is 15.4 Å². The Hall–Kier alpha value is -4.99. The average molecular weight is 467 g/mol. The fraction of sp³-hybridized carbons (Fsp3) is 0.0800. The van der Waals surface area contributed by atoms with E-state index in [1.807, 2.05) is 60.8 Å². The second-order valence-electron chi connectivity index (χ2n) is 7.66. The highest BCUT2D eigenvalue weighted by Gasteiger charge is 2.15. The zero-order valence-electron chi connectivity index (χ0n) is 19.1. The summed E-state index contributed by atoms with van der Waals surface area (Å²) in [4.78, 5) is 25.4. The van der Waals surface area contributed by atoms with Crippen LogP contribution in [0.2, 0.25) is 0 Å². The lowest BCUT2D eigenvalue weighted by molar-refractivity contribution is 0.101. The number of ether oxygens (including phenoxy) is 1. The van der Waals surface area contributed by atoms with E-state index in [0.717, 1.165) is 17.0 Å². The number of aromatic nitrogens is 6. The van der Waals surface area contributed by atoms with Crippen LogP contribution in [0.15, 0.2) is 85.7 Å². The molecule has 5 aromatic rings. The van der Waals surface area contributed by atoms with Crippen LogP contribution in [0.4, 0.5) is 17.2 Å². The highest BCUT2D eigenvalue weighted by Crippen LogP contribution is 2.24. The Morgan fingerprint density at radius 3 is 2.60 bits per heavy atom. The van der Waals surface area contributed by atoms with E-state index >= 15 is 0 Å². The molecule has 1 amide bonds. The van der Waals surface area contributed by atoms with Gasteiger partial charge in [-0.25, -0.2) is 15.0 Å². The Morgan fingerprint density at radius 1 is 1.00 bits per heavy atom. The van der Waals surface area contributed by atoms with Crippen molar-refractivity contribution in [1.82, 2.24) is 29.3 Å². The third-order valence-electron chi connectivity index (χ3n) is 5.31. The number of methoxy groups -OCH3 is 1. The first-order chi connectivity index (χ1) is 17.1. The van der Waals surface area contributed by atoms with Gasteiger partial charge in [-0.05, 0) is 42.5 Å². The summed E-state index contributed by atoms with van der Waals surface area (Å²) in [7, 11) is 3.36. The number of rotatable bonds is 7. The lowest BCUT2D eigenvalue weighted by Crippen LogP contribution is -2.15. The molecule has 174 valence electrons. The van der Waals surface area contributed by atoms with Crippen molar-refractivity contribution in [3.05, 3.63) is 91.4 Å². The molecular weight excluding hydrogens is 444 g/mol. The van der Waals surface area contributed by atoms with Gasteiger partial charge in [0.05, 0.1) is 12.8 Å². The Morgan fingerprint density at radius 2 is 1.83 bits per heavy atom. The van der Waals surface area contributed by atoms with Crippen molar-refractivity contribution >= 4 is 23.1 Å². The van der Waals surface area contributed by atoms with E-state index < -0.39 is 0 Å². The van der Waals surface area contributed by atoms with E-state index in [1.165, 1.54) is 6.33 Å². The lowest BCUT2D eigenvalue weighted by atomic mass is 10.1. The minimum Gasteiger partial charge on any atom is -0.497 e. The van der Waals surface area contributed by atoms with Crippen LogP contribution in [0.5, 0.6) is 5.75 Å². The average Bonchev–Trinajstić information content (AvgIpc) is 3.56. The molecule has 2 N–H and O–H groups in total. The highest BCUT2D eigenvalue weighted by molar-refractivity contribution is 6.03. The molecule has 0 aliphatic carbocycles.